The van der Waals surface area contributed by atoms with Gasteiger partial charge in [-0.05, 0) is 6.42 Å². The molecule has 2 unspecified atom stereocenters. The van der Waals surface area contributed by atoms with Crippen LogP contribution in [0.1, 0.15) is 13.3 Å². The van der Waals surface area contributed by atoms with Crippen LogP contribution in [0.15, 0.2) is 12.2 Å². The molecule has 2 aliphatic heterocycles. The highest BCUT2D eigenvalue weighted by Crippen LogP contribution is 2.26. The summed E-state index contributed by atoms with van der Waals surface area (Å²) in [5, 5.41) is 0. The topological polar surface area (TPSA) is 49.9 Å². The molecule has 2 aliphatic rings. The summed E-state index contributed by atoms with van der Waals surface area (Å²) in [5.41, 5.74) is 0. The minimum Gasteiger partial charge on any atom is -0.368 e. The van der Waals surface area contributed by atoms with Gasteiger partial charge in [-0.3, -0.25) is 14.5 Å². The van der Waals surface area contributed by atoms with E-state index in [-0.39, 0.29) is 24.0 Å². The zero-order chi connectivity index (χ0) is 9.42. The van der Waals surface area contributed by atoms with Gasteiger partial charge in [-0.2, -0.15) is 0 Å². The number of ether oxygens (including phenoxy) is 1. The van der Waals surface area contributed by atoms with Crippen molar-refractivity contribution < 1.29 is 14.3 Å². The van der Waals surface area contributed by atoms with Crippen molar-refractivity contribution in [2.75, 3.05) is 6.54 Å². The number of carbonyl (C=O) groups excluding carboxylic acids is 2. The lowest BCUT2D eigenvalue weighted by atomic mass is 10.2. The van der Waals surface area contributed by atoms with Gasteiger partial charge >= 0.3 is 0 Å². The Morgan fingerprint density at radius 3 is 2.38 bits per heavy atom. The summed E-state index contributed by atoms with van der Waals surface area (Å²) in [5.74, 6) is -0.453. The lowest BCUT2D eigenvalue weighted by Crippen LogP contribution is -2.33. The number of hydrogen-bond acceptors (Lipinski definition) is 3. The number of carbonyl (C=O) groups is 2. The number of hydrogen-bond donors (Lipinski definition) is 0. The van der Waals surface area contributed by atoms with Crippen LogP contribution in [-0.2, 0) is 14.3 Å². The van der Waals surface area contributed by atoms with Gasteiger partial charge in [0.25, 0.3) is 11.8 Å². The van der Waals surface area contributed by atoms with Gasteiger partial charge in [-0.1, -0.05) is 6.92 Å². The smallest absolute Gasteiger partial charge is 0.253 e. The van der Waals surface area contributed by atoms with E-state index in [9.17, 15) is 9.59 Å². The van der Waals surface area contributed by atoms with Crippen LogP contribution < -0.4 is 0 Å². The second-order valence-corrected chi connectivity index (χ2v) is 3.24. The highest BCUT2D eigenvalue weighted by Gasteiger charge is 2.40. The summed E-state index contributed by atoms with van der Waals surface area (Å²) in [6.45, 7) is 2.43. The summed E-state index contributed by atoms with van der Waals surface area (Å²) in [7, 11) is 0. The van der Waals surface area contributed by atoms with Crippen molar-refractivity contribution in [2.45, 2.75) is 25.6 Å². The molecule has 0 radical (unpaired) electrons. The number of epoxide rings is 1. The van der Waals surface area contributed by atoms with Crippen molar-refractivity contribution in [3.63, 3.8) is 0 Å². The third-order valence-corrected chi connectivity index (χ3v) is 2.35. The van der Waals surface area contributed by atoms with Crippen LogP contribution in [0.3, 0.4) is 0 Å². The van der Waals surface area contributed by atoms with Crippen LogP contribution in [0.4, 0.5) is 0 Å². The first kappa shape index (κ1) is 8.44. The third kappa shape index (κ3) is 1.49. The van der Waals surface area contributed by atoms with Crippen LogP contribution >= 0.6 is 0 Å². The van der Waals surface area contributed by atoms with Gasteiger partial charge in [0.2, 0.25) is 0 Å². The molecule has 2 rings (SSSR count). The molecule has 2 amide bonds. The Hall–Kier alpha value is -1.16. The van der Waals surface area contributed by atoms with E-state index in [0.29, 0.717) is 6.54 Å². The quantitative estimate of drug-likeness (QED) is 0.458. The average molecular weight is 181 g/mol. The summed E-state index contributed by atoms with van der Waals surface area (Å²) in [4.78, 5) is 23.4. The fourth-order valence-electron chi connectivity index (χ4n) is 1.49. The molecule has 0 bridgehead atoms. The van der Waals surface area contributed by atoms with Crippen molar-refractivity contribution >= 4 is 11.8 Å². The zero-order valence-corrected chi connectivity index (χ0v) is 7.40. The van der Waals surface area contributed by atoms with Crippen molar-refractivity contribution in [1.29, 1.82) is 0 Å². The second-order valence-electron chi connectivity index (χ2n) is 3.24. The minimum atomic E-state index is -0.227. The summed E-state index contributed by atoms with van der Waals surface area (Å²) < 4.78 is 5.25. The zero-order valence-electron chi connectivity index (χ0n) is 7.40. The average Bonchev–Trinajstić information content (AvgIpc) is 2.81. The van der Waals surface area contributed by atoms with Gasteiger partial charge in [0.15, 0.2) is 0 Å². The van der Waals surface area contributed by atoms with Gasteiger partial charge in [0.05, 0.1) is 12.6 Å². The Kier molecular flexibility index (Phi) is 1.92. The van der Waals surface area contributed by atoms with Crippen molar-refractivity contribution in [1.82, 2.24) is 4.90 Å². The number of amides is 2. The summed E-state index contributed by atoms with van der Waals surface area (Å²) >= 11 is 0. The van der Waals surface area contributed by atoms with Crippen molar-refractivity contribution in [2.24, 2.45) is 0 Å². The molecule has 4 heteroatoms. The molecule has 4 nitrogen and oxygen atoms in total. The van der Waals surface area contributed by atoms with Crippen molar-refractivity contribution in [3.05, 3.63) is 12.2 Å². The van der Waals surface area contributed by atoms with Gasteiger partial charge in [0.1, 0.15) is 6.10 Å². The van der Waals surface area contributed by atoms with Gasteiger partial charge in [0, 0.05) is 12.2 Å². The number of imide groups is 1. The molecule has 0 aromatic rings. The first-order valence-corrected chi connectivity index (χ1v) is 4.41. The van der Waals surface area contributed by atoms with Crippen LogP contribution in [0, 0.1) is 0 Å². The molecule has 0 aromatic carbocycles. The maximum atomic E-state index is 11.1. The van der Waals surface area contributed by atoms with E-state index in [0.717, 1.165) is 6.42 Å². The summed E-state index contributed by atoms with van der Waals surface area (Å²) in [6, 6.07) is 0. The SMILES string of the molecule is CCC1OC1CN1C(=O)C=CC1=O. The van der Waals surface area contributed by atoms with Crippen molar-refractivity contribution in [3.8, 4) is 0 Å². The van der Waals surface area contributed by atoms with Crippen LogP contribution in [0.25, 0.3) is 0 Å². The highest BCUT2D eigenvalue weighted by atomic mass is 16.6. The van der Waals surface area contributed by atoms with E-state index in [1.54, 1.807) is 0 Å². The fraction of sp³-hybridized carbons (Fsp3) is 0.556. The largest absolute Gasteiger partial charge is 0.368 e. The van der Waals surface area contributed by atoms with Crippen LogP contribution in [-0.4, -0.2) is 35.5 Å². The molecule has 0 saturated carbocycles. The molecule has 13 heavy (non-hydrogen) atoms. The van der Waals surface area contributed by atoms with E-state index in [1.807, 2.05) is 6.92 Å². The maximum Gasteiger partial charge on any atom is 0.253 e. The van der Waals surface area contributed by atoms with E-state index in [4.69, 9.17) is 4.74 Å². The number of nitrogens with zero attached hydrogens (tertiary/aromatic N) is 1. The Labute approximate surface area is 76.2 Å². The predicted octanol–water partition coefficient (Wildman–Crippen LogP) is 0.0888. The molecule has 2 heterocycles. The normalized spacial score (nSPS) is 31.6. The molecule has 0 aliphatic carbocycles. The Bertz CT molecular complexity index is 267. The Balaban J connectivity index is 1.89. The van der Waals surface area contributed by atoms with E-state index >= 15 is 0 Å². The molecule has 0 N–H and O–H groups in total. The molecule has 1 fully saturated rings. The Morgan fingerprint density at radius 1 is 1.31 bits per heavy atom. The summed E-state index contributed by atoms with van der Waals surface area (Å²) in [6.07, 6.45) is 3.84. The highest BCUT2D eigenvalue weighted by molar-refractivity contribution is 6.12. The third-order valence-electron chi connectivity index (χ3n) is 2.35. The standard InChI is InChI=1S/C9H11NO3/c1-2-6-7(13-6)5-10-8(11)3-4-9(10)12/h3-4,6-7H,2,5H2,1H3. The van der Waals surface area contributed by atoms with E-state index in [1.165, 1.54) is 17.1 Å². The second kappa shape index (κ2) is 2.96. The molecule has 0 spiro atoms. The first-order chi connectivity index (χ1) is 6.22. The molecular formula is C9H11NO3. The monoisotopic (exact) mass is 181 g/mol. The minimum absolute atomic E-state index is 0.0674. The maximum absolute atomic E-state index is 11.1. The molecular weight excluding hydrogens is 170 g/mol. The van der Waals surface area contributed by atoms with E-state index < -0.39 is 0 Å². The molecule has 1 saturated heterocycles. The van der Waals surface area contributed by atoms with Gasteiger partial charge < -0.3 is 4.74 Å². The molecule has 70 valence electrons. The van der Waals surface area contributed by atoms with E-state index in [2.05, 4.69) is 0 Å². The van der Waals surface area contributed by atoms with Gasteiger partial charge in [-0.15, -0.1) is 0 Å². The fourth-order valence-corrected chi connectivity index (χ4v) is 1.49. The Morgan fingerprint density at radius 2 is 1.92 bits per heavy atom. The number of rotatable bonds is 3. The lowest BCUT2D eigenvalue weighted by molar-refractivity contribution is -0.137. The predicted molar refractivity (Wildman–Crippen MR) is 44.8 cm³/mol. The first-order valence-electron chi connectivity index (χ1n) is 4.41. The molecule has 0 aromatic heterocycles. The van der Waals surface area contributed by atoms with Crippen LogP contribution in [0.5, 0.6) is 0 Å². The van der Waals surface area contributed by atoms with Gasteiger partial charge in [-0.25, -0.2) is 0 Å². The molecule has 2 atom stereocenters. The lowest BCUT2D eigenvalue weighted by Gasteiger charge is -2.10. The van der Waals surface area contributed by atoms with Crippen LogP contribution in [0.2, 0.25) is 0 Å².